The maximum absolute atomic E-state index is 14.0. The maximum Gasteiger partial charge on any atom is 0.244 e. The van der Waals surface area contributed by atoms with Gasteiger partial charge < -0.3 is 19.7 Å². The first-order chi connectivity index (χ1) is 18.7. The number of hydrogen-bond acceptors (Lipinski definition) is 6. The van der Waals surface area contributed by atoms with Gasteiger partial charge in [0.15, 0.2) is 11.5 Å². The number of sulfonamides is 1. The lowest BCUT2D eigenvalue weighted by molar-refractivity contribution is -0.139. The fourth-order valence-corrected chi connectivity index (χ4v) is 5.58. The standard InChI is InChI=1S/C28H30ClN3O6S/c1-3-39(35,36)32(23-12-13-25-26(16-23)38-19-37-25)18-27(33)31(17-21-10-7-11-22(29)14-21)24(28(34)30-2)15-20-8-5-4-6-9-20/h4-14,16,24H,3,15,17-19H2,1-2H3,(H,30,34). The second-order valence-corrected chi connectivity index (χ2v) is 11.5. The Morgan fingerprint density at radius 3 is 2.38 bits per heavy atom. The fraction of sp³-hybridized carbons (Fsp3) is 0.286. The van der Waals surface area contributed by atoms with Crippen LogP contribution in [0.3, 0.4) is 0 Å². The van der Waals surface area contributed by atoms with Crippen molar-refractivity contribution in [2.75, 3.05) is 30.4 Å². The van der Waals surface area contributed by atoms with Crippen LogP contribution in [0.4, 0.5) is 5.69 Å². The second-order valence-electron chi connectivity index (χ2n) is 8.92. The highest BCUT2D eigenvalue weighted by Gasteiger charge is 2.33. The van der Waals surface area contributed by atoms with E-state index in [1.807, 2.05) is 30.3 Å². The van der Waals surface area contributed by atoms with Gasteiger partial charge in [0, 0.05) is 31.1 Å². The molecule has 0 aliphatic carbocycles. The van der Waals surface area contributed by atoms with E-state index in [1.165, 1.54) is 24.9 Å². The lowest BCUT2D eigenvalue weighted by Gasteiger charge is -2.33. The zero-order valence-electron chi connectivity index (χ0n) is 21.7. The van der Waals surface area contributed by atoms with Gasteiger partial charge in [0.2, 0.25) is 28.6 Å². The monoisotopic (exact) mass is 571 g/mol. The molecular formula is C28H30ClN3O6S. The predicted molar refractivity (Wildman–Crippen MR) is 149 cm³/mol. The summed E-state index contributed by atoms with van der Waals surface area (Å²) in [6.45, 7) is 1.06. The maximum atomic E-state index is 14.0. The van der Waals surface area contributed by atoms with Crippen LogP contribution in [0.1, 0.15) is 18.1 Å². The van der Waals surface area contributed by atoms with Gasteiger partial charge in [-0.1, -0.05) is 54.1 Å². The van der Waals surface area contributed by atoms with E-state index in [1.54, 1.807) is 36.4 Å². The van der Waals surface area contributed by atoms with Crippen LogP contribution in [-0.4, -0.2) is 57.3 Å². The highest BCUT2D eigenvalue weighted by Crippen LogP contribution is 2.36. The topological polar surface area (TPSA) is 105 Å². The van der Waals surface area contributed by atoms with E-state index >= 15 is 0 Å². The van der Waals surface area contributed by atoms with Crippen LogP contribution in [-0.2, 0) is 32.6 Å². The van der Waals surface area contributed by atoms with Crippen molar-refractivity contribution in [2.24, 2.45) is 0 Å². The first-order valence-electron chi connectivity index (χ1n) is 12.4. The number of rotatable bonds is 11. The molecule has 11 heteroatoms. The average Bonchev–Trinajstić information content (AvgIpc) is 3.41. The number of hydrogen-bond donors (Lipinski definition) is 1. The summed E-state index contributed by atoms with van der Waals surface area (Å²) in [7, 11) is -2.38. The van der Waals surface area contributed by atoms with Crippen LogP contribution in [0, 0.1) is 0 Å². The number of nitrogens with one attached hydrogen (secondary N) is 1. The molecule has 0 saturated heterocycles. The zero-order chi connectivity index (χ0) is 28.0. The van der Waals surface area contributed by atoms with E-state index in [4.69, 9.17) is 21.1 Å². The largest absolute Gasteiger partial charge is 0.454 e. The van der Waals surface area contributed by atoms with Crippen LogP contribution >= 0.6 is 11.6 Å². The van der Waals surface area contributed by atoms with Crippen molar-refractivity contribution in [1.82, 2.24) is 10.2 Å². The number of ether oxygens (including phenoxy) is 2. The van der Waals surface area contributed by atoms with Gasteiger partial charge in [0.05, 0.1) is 11.4 Å². The van der Waals surface area contributed by atoms with Gasteiger partial charge in [-0.05, 0) is 42.3 Å². The molecule has 1 unspecified atom stereocenters. The van der Waals surface area contributed by atoms with Gasteiger partial charge in [0.1, 0.15) is 12.6 Å². The molecule has 1 aliphatic heterocycles. The molecule has 2 amide bonds. The molecule has 0 saturated carbocycles. The van der Waals surface area contributed by atoms with E-state index in [-0.39, 0.29) is 37.1 Å². The third kappa shape index (κ3) is 6.82. The Labute approximate surface area is 233 Å². The van der Waals surface area contributed by atoms with E-state index in [0.29, 0.717) is 22.1 Å². The van der Waals surface area contributed by atoms with Crippen molar-refractivity contribution in [3.8, 4) is 11.5 Å². The Morgan fingerprint density at radius 1 is 0.974 bits per heavy atom. The number of benzene rings is 3. The van der Waals surface area contributed by atoms with Crippen LogP contribution in [0.2, 0.25) is 5.02 Å². The number of likely N-dealkylation sites (N-methyl/N-ethyl adjacent to an activating group) is 1. The van der Waals surface area contributed by atoms with Gasteiger partial charge in [-0.15, -0.1) is 0 Å². The molecule has 4 rings (SSSR count). The molecule has 1 N–H and O–H groups in total. The van der Waals surface area contributed by atoms with E-state index in [2.05, 4.69) is 5.32 Å². The Balaban J connectivity index is 1.73. The van der Waals surface area contributed by atoms with Crippen molar-refractivity contribution < 1.29 is 27.5 Å². The van der Waals surface area contributed by atoms with Gasteiger partial charge in [-0.3, -0.25) is 13.9 Å². The SMILES string of the molecule is CCS(=O)(=O)N(CC(=O)N(Cc1cccc(Cl)c1)C(Cc1ccccc1)C(=O)NC)c1ccc2c(c1)OCO2. The minimum absolute atomic E-state index is 0.0267. The lowest BCUT2D eigenvalue weighted by atomic mass is 10.0. The number of halogens is 1. The minimum atomic E-state index is -3.88. The molecule has 0 spiro atoms. The molecule has 1 atom stereocenters. The third-order valence-electron chi connectivity index (χ3n) is 6.38. The molecule has 0 radical (unpaired) electrons. The molecule has 1 aliphatic rings. The quantitative estimate of drug-likeness (QED) is 0.377. The van der Waals surface area contributed by atoms with Crippen molar-refractivity contribution in [3.05, 3.63) is 88.9 Å². The first kappa shape index (κ1) is 28.3. The van der Waals surface area contributed by atoms with Gasteiger partial charge in [-0.2, -0.15) is 0 Å². The van der Waals surface area contributed by atoms with E-state index < -0.39 is 28.5 Å². The van der Waals surface area contributed by atoms with Crippen molar-refractivity contribution in [3.63, 3.8) is 0 Å². The average molecular weight is 572 g/mol. The van der Waals surface area contributed by atoms with E-state index in [0.717, 1.165) is 9.87 Å². The van der Waals surface area contributed by atoms with Crippen molar-refractivity contribution in [2.45, 2.75) is 25.9 Å². The molecule has 1 heterocycles. The molecule has 3 aromatic carbocycles. The predicted octanol–water partition coefficient (Wildman–Crippen LogP) is 3.61. The fourth-order valence-electron chi connectivity index (χ4n) is 4.31. The number of carbonyl (C=O) groups excluding carboxylic acids is 2. The zero-order valence-corrected chi connectivity index (χ0v) is 23.2. The molecule has 39 heavy (non-hydrogen) atoms. The molecule has 0 bridgehead atoms. The molecule has 3 aromatic rings. The summed E-state index contributed by atoms with van der Waals surface area (Å²) in [5.41, 5.74) is 1.81. The van der Waals surface area contributed by atoms with Crippen LogP contribution < -0.4 is 19.1 Å². The number of fused-ring (bicyclic) bond motifs is 1. The smallest absolute Gasteiger partial charge is 0.244 e. The van der Waals surface area contributed by atoms with Crippen LogP contribution in [0.15, 0.2) is 72.8 Å². The molecule has 0 aromatic heterocycles. The molecule has 0 fully saturated rings. The summed E-state index contributed by atoms with van der Waals surface area (Å²) in [6.07, 6.45) is 0.234. The summed E-state index contributed by atoms with van der Waals surface area (Å²) in [5.74, 6) is -0.272. The lowest BCUT2D eigenvalue weighted by Crippen LogP contribution is -2.53. The molecular weight excluding hydrogens is 542 g/mol. The highest BCUT2D eigenvalue weighted by atomic mass is 35.5. The summed E-state index contributed by atoms with van der Waals surface area (Å²) in [5, 5.41) is 3.13. The minimum Gasteiger partial charge on any atom is -0.454 e. The van der Waals surface area contributed by atoms with Crippen LogP contribution in [0.25, 0.3) is 0 Å². The highest BCUT2D eigenvalue weighted by molar-refractivity contribution is 7.92. The number of nitrogens with zero attached hydrogens (tertiary/aromatic N) is 2. The van der Waals surface area contributed by atoms with E-state index in [9.17, 15) is 18.0 Å². The normalized spacial score (nSPS) is 13.0. The number of carbonyl (C=O) groups is 2. The number of anilines is 1. The second kappa shape index (κ2) is 12.4. The summed E-state index contributed by atoms with van der Waals surface area (Å²) < 4.78 is 38.2. The van der Waals surface area contributed by atoms with Gasteiger partial charge in [-0.25, -0.2) is 8.42 Å². The van der Waals surface area contributed by atoms with Gasteiger partial charge >= 0.3 is 0 Å². The first-order valence-corrected chi connectivity index (χ1v) is 14.4. The number of amides is 2. The van der Waals surface area contributed by atoms with Crippen molar-refractivity contribution >= 4 is 39.1 Å². The molecule has 206 valence electrons. The third-order valence-corrected chi connectivity index (χ3v) is 8.36. The Kier molecular flexibility index (Phi) is 8.98. The summed E-state index contributed by atoms with van der Waals surface area (Å²) in [6, 6.07) is 20.1. The summed E-state index contributed by atoms with van der Waals surface area (Å²) in [4.78, 5) is 28.6. The molecule has 9 nitrogen and oxygen atoms in total. The van der Waals surface area contributed by atoms with Crippen molar-refractivity contribution in [1.29, 1.82) is 0 Å². The van der Waals surface area contributed by atoms with Crippen LogP contribution in [0.5, 0.6) is 11.5 Å². The Hall–Kier alpha value is -3.76. The Morgan fingerprint density at radius 2 is 1.69 bits per heavy atom. The Bertz CT molecular complexity index is 1430. The van der Waals surface area contributed by atoms with Gasteiger partial charge in [0.25, 0.3) is 0 Å². The summed E-state index contributed by atoms with van der Waals surface area (Å²) >= 11 is 6.20.